The molecule has 0 spiro atoms. The van der Waals surface area contributed by atoms with Crippen molar-refractivity contribution < 1.29 is 9.53 Å². The van der Waals surface area contributed by atoms with Crippen LogP contribution in [0.2, 0.25) is 0 Å². The van der Waals surface area contributed by atoms with Gasteiger partial charge in [-0.15, -0.1) is 0 Å². The largest absolute Gasteiger partial charge is 0.465 e. The lowest BCUT2D eigenvalue weighted by Crippen LogP contribution is -2.01. The molecule has 0 radical (unpaired) electrons. The van der Waals surface area contributed by atoms with E-state index in [4.69, 9.17) is 4.74 Å². The third-order valence-electron chi connectivity index (χ3n) is 4.13. The average molecular weight is 293 g/mol. The number of H-pyrrole nitrogens is 1. The average Bonchev–Trinajstić information content (AvgIpc) is 2.82. The van der Waals surface area contributed by atoms with Crippen LogP contribution in [0.4, 0.5) is 0 Å². The SMILES string of the molecule is COC(=O)c1cccc(Cc2ccc3[nH]c(C)c(C)c3c2)c1. The molecule has 0 unspecified atom stereocenters. The second-order valence-electron chi connectivity index (χ2n) is 5.62. The highest BCUT2D eigenvalue weighted by molar-refractivity contribution is 5.89. The number of aromatic nitrogens is 1. The number of methoxy groups -OCH3 is 1. The predicted octanol–water partition coefficient (Wildman–Crippen LogP) is 4.16. The first-order valence-corrected chi connectivity index (χ1v) is 7.33. The minimum Gasteiger partial charge on any atom is -0.465 e. The van der Waals surface area contributed by atoms with Crippen LogP contribution in [-0.2, 0) is 11.2 Å². The molecule has 0 atom stereocenters. The molecule has 0 saturated heterocycles. The Hall–Kier alpha value is -2.55. The van der Waals surface area contributed by atoms with Gasteiger partial charge in [0.2, 0.25) is 0 Å². The van der Waals surface area contributed by atoms with E-state index in [2.05, 4.69) is 37.0 Å². The van der Waals surface area contributed by atoms with Crippen molar-refractivity contribution in [3.05, 3.63) is 70.4 Å². The van der Waals surface area contributed by atoms with E-state index in [0.29, 0.717) is 5.56 Å². The molecule has 0 aliphatic rings. The predicted molar refractivity (Wildman–Crippen MR) is 88.4 cm³/mol. The number of nitrogens with one attached hydrogen (secondary N) is 1. The van der Waals surface area contributed by atoms with Gasteiger partial charge in [0.1, 0.15) is 0 Å². The van der Waals surface area contributed by atoms with Crippen LogP contribution in [0.25, 0.3) is 10.9 Å². The van der Waals surface area contributed by atoms with E-state index in [-0.39, 0.29) is 5.97 Å². The van der Waals surface area contributed by atoms with E-state index >= 15 is 0 Å². The Kier molecular flexibility index (Phi) is 3.72. The number of esters is 1. The summed E-state index contributed by atoms with van der Waals surface area (Å²) in [5.41, 5.74) is 6.60. The molecule has 112 valence electrons. The lowest BCUT2D eigenvalue weighted by molar-refractivity contribution is 0.0600. The van der Waals surface area contributed by atoms with E-state index in [0.717, 1.165) is 12.0 Å². The van der Waals surface area contributed by atoms with Crippen LogP contribution >= 0.6 is 0 Å². The van der Waals surface area contributed by atoms with Crippen LogP contribution in [0, 0.1) is 13.8 Å². The van der Waals surface area contributed by atoms with Crippen molar-refractivity contribution in [2.45, 2.75) is 20.3 Å². The number of aryl methyl sites for hydroxylation is 2. The summed E-state index contributed by atoms with van der Waals surface area (Å²) >= 11 is 0. The summed E-state index contributed by atoms with van der Waals surface area (Å²) in [7, 11) is 1.40. The zero-order valence-corrected chi connectivity index (χ0v) is 13.1. The molecule has 3 aromatic rings. The lowest BCUT2D eigenvalue weighted by atomic mass is 10.0. The smallest absolute Gasteiger partial charge is 0.337 e. The van der Waals surface area contributed by atoms with Crippen molar-refractivity contribution in [2.75, 3.05) is 7.11 Å². The zero-order valence-electron chi connectivity index (χ0n) is 13.1. The van der Waals surface area contributed by atoms with Gasteiger partial charge >= 0.3 is 5.97 Å². The molecule has 0 fully saturated rings. The topological polar surface area (TPSA) is 42.1 Å². The Balaban J connectivity index is 1.93. The second kappa shape index (κ2) is 5.68. The molecule has 0 saturated carbocycles. The Morgan fingerprint density at radius 1 is 1.09 bits per heavy atom. The number of carbonyl (C=O) groups excluding carboxylic acids is 1. The lowest BCUT2D eigenvalue weighted by Gasteiger charge is -2.05. The fraction of sp³-hybridized carbons (Fsp3) is 0.211. The first-order chi connectivity index (χ1) is 10.6. The Labute approximate surface area is 129 Å². The summed E-state index contributed by atoms with van der Waals surface area (Å²) in [6.07, 6.45) is 0.796. The van der Waals surface area contributed by atoms with Crippen LogP contribution in [0.1, 0.15) is 32.7 Å². The van der Waals surface area contributed by atoms with Gasteiger partial charge in [-0.25, -0.2) is 4.79 Å². The number of ether oxygens (including phenoxy) is 1. The summed E-state index contributed by atoms with van der Waals surface area (Å²) in [4.78, 5) is 15.0. The number of aromatic amines is 1. The Morgan fingerprint density at radius 2 is 1.86 bits per heavy atom. The highest BCUT2D eigenvalue weighted by Crippen LogP contribution is 2.23. The monoisotopic (exact) mass is 293 g/mol. The van der Waals surface area contributed by atoms with Crippen LogP contribution in [0.5, 0.6) is 0 Å². The van der Waals surface area contributed by atoms with E-state index in [1.54, 1.807) is 6.07 Å². The third kappa shape index (κ3) is 2.62. The van der Waals surface area contributed by atoms with Gasteiger partial charge in [-0.1, -0.05) is 18.2 Å². The number of benzene rings is 2. The maximum atomic E-state index is 11.6. The molecular formula is C19H19NO2. The molecule has 1 aromatic heterocycles. The molecule has 0 bridgehead atoms. The maximum absolute atomic E-state index is 11.6. The highest BCUT2D eigenvalue weighted by Gasteiger charge is 2.08. The molecule has 3 heteroatoms. The summed E-state index contributed by atoms with van der Waals surface area (Å²) in [5.74, 6) is -0.297. The molecule has 22 heavy (non-hydrogen) atoms. The van der Waals surface area contributed by atoms with Crippen LogP contribution in [0.15, 0.2) is 42.5 Å². The molecule has 0 aliphatic heterocycles. The van der Waals surface area contributed by atoms with Crippen molar-refractivity contribution in [3.63, 3.8) is 0 Å². The summed E-state index contributed by atoms with van der Waals surface area (Å²) in [6, 6.07) is 14.1. The summed E-state index contributed by atoms with van der Waals surface area (Å²) in [6.45, 7) is 4.23. The molecule has 3 nitrogen and oxygen atoms in total. The third-order valence-corrected chi connectivity index (χ3v) is 4.13. The maximum Gasteiger partial charge on any atom is 0.337 e. The first kappa shape index (κ1) is 14.4. The molecule has 1 N–H and O–H groups in total. The van der Waals surface area contributed by atoms with Gasteiger partial charge in [0.25, 0.3) is 0 Å². The fourth-order valence-corrected chi connectivity index (χ4v) is 2.78. The van der Waals surface area contributed by atoms with Crippen molar-refractivity contribution >= 4 is 16.9 Å². The van der Waals surface area contributed by atoms with Gasteiger partial charge in [-0.3, -0.25) is 0 Å². The molecule has 2 aromatic carbocycles. The van der Waals surface area contributed by atoms with Crippen LogP contribution in [0.3, 0.4) is 0 Å². The van der Waals surface area contributed by atoms with E-state index < -0.39 is 0 Å². The Bertz CT molecular complexity index is 846. The van der Waals surface area contributed by atoms with Crippen LogP contribution in [-0.4, -0.2) is 18.1 Å². The first-order valence-electron chi connectivity index (χ1n) is 7.33. The molecule has 0 aliphatic carbocycles. The van der Waals surface area contributed by atoms with Gasteiger partial charge in [0, 0.05) is 16.6 Å². The van der Waals surface area contributed by atoms with Crippen molar-refractivity contribution in [1.29, 1.82) is 0 Å². The number of carbonyl (C=O) groups is 1. The standard InChI is InChI=1S/C19H19NO2/c1-12-13(2)20-18-8-7-15(11-17(12)18)9-14-5-4-6-16(10-14)19(21)22-3/h4-8,10-11,20H,9H2,1-3H3. The number of rotatable bonds is 3. The minimum absolute atomic E-state index is 0.297. The second-order valence-corrected chi connectivity index (χ2v) is 5.62. The summed E-state index contributed by atoms with van der Waals surface area (Å²) < 4.78 is 4.77. The highest BCUT2D eigenvalue weighted by atomic mass is 16.5. The normalized spacial score (nSPS) is 10.9. The van der Waals surface area contributed by atoms with E-state index in [1.807, 2.05) is 18.2 Å². The van der Waals surface area contributed by atoms with E-state index in [1.165, 1.54) is 34.8 Å². The molecule has 0 amide bonds. The van der Waals surface area contributed by atoms with E-state index in [9.17, 15) is 4.79 Å². The fourth-order valence-electron chi connectivity index (χ4n) is 2.78. The molecule has 1 heterocycles. The van der Waals surface area contributed by atoms with Crippen molar-refractivity contribution in [1.82, 2.24) is 4.98 Å². The van der Waals surface area contributed by atoms with Crippen LogP contribution < -0.4 is 0 Å². The van der Waals surface area contributed by atoms with Gasteiger partial charge in [0.05, 0.1) is 12.7 Å². The van der Waals surface area contributed by atoms with Gasteiger partial charge in [0.15, 0.2) is 0 Å². The van der Waals surface area contributed by atoms with Gasteiger partial charge in [-0.2, -0.15) is 0 Å². The quantitative estimate of drug-likeness (QED) is 0.737. The minimum atomic E-state index is -0.297. The number of hydrogen-bond donors (Lipinski definition) is 1. The summed E-state index contributed by atoms with van der Waals surface area (Å²) in [5, 5.41) is 1.26. The number of hydrogen-bond acceptors (Lipinski definition) is 2. The number of fused-ring (bicyclic) bond motifs is 1. The van der Waals surface area contributed by atoms with Gasteiger partial charge in [-0.05, 0) is 61.2 Å². The van der Waals surface area contributed by atoms with Crippen molar-refractivity contribution in [2.24, 2.45) is 0 Å². The van der Waals surface area contributed by atoms with Crippen molar-refractivity contribution in [3.8, 4) is 0 Å². The Morgan fingerprint density at radius 3 is 2.64 bits per heavy atom. The van der Waals surface area contributed by atoms with Gasteiger partial charge < -0.3 is 9.72 Å². The molecule has 3 rings (SSSR count). The zero-order chi connectivity index (χ0) is 15.7. The molecular weight excluding hydrogens is 274 g/mol.